The first-order chi connectivity index (χ1) is 12.1. The van der Waals surface area contributed by atoms with E-state index >= 15 is 0 Å². The second-order valence-electron chi connectivity index (χ2n) is 5.96. The van der Waals surface area contributed by atoms with Crippen molar-refractivity contribution in [1.82, 2.24) is 10.2 Å². The SMILES string of the molecule is CCCCOc1ccc(C2SCC(=O)Nc3n[nH]c(C)c32)cc1OC. The average Bonchev–Trinajstić information content (AvgIpc) is 2.87. The van der Waals surface area contributed by atoms with Gasteiger partial charge in [-0.1, -0.05) is 19.4 Å². The Morgan fingerprint density at radius 2 is 2.20 bits per heavy atom. The number of amides is 1. The number of fused-ring (bicyclic) bond motifs is 1. The van der Waals surface area contributed by atoms with Crippen LogP contribution < -0.4 is 14.8 Å². The second kappa shape index (κ2) is 7.82. The molecule has 2 aromatic rings. The van der Waals surface area contributed by atoms with Gasteiger partial charge in [0, 0.05) is 11.3 Å². The maximum atomic E-state index is 11.9. The van der Waals surface area contributed by atoms with Crippen LogP contribution in [0.15, 0.2) is 18.2 Å². The Morgan fingerprint density at radius 3 is 2.96 bits per heavy atom. The number of methoxy groups -OCH3 is 1. The summed E-state index contributed by atoms with van der Waals surface area (Å²) in [5.74, 6) is 2.42. The molecule has 0 spiro atoms. The lowest BCUT2D eigenvalue weighted by molar-refractivity contribution is -0.113. The number of hydrogen-bond donors (Lipinski definition) is 2. The number of unbranched alkanes of at least 4 members (excludes halogenated alkanes) is 1. The van der Waals surface area contributed by atoms with Crippen LogP contribution in [0, 0.1) is 6.92 Å². The van der Waals surface area contributed by atoms with Crippen LogP contribution in [0.2, 0.25) is 0 Å². The molecule has 1 atom stereocenters. The van der Waals surface area contributed by atoms with E-state index in [1.54, 1.807) is 18.9 Å². The molecule has 3 rings (SSSR count). The van der Waals surface area contributed by atoms with Crippen molar-refractivity contribution in [1.29, 1.82) is 0 Å². The van der Waals surface area contributed by atoms with Gasteiger partial charge in [-0.05, 0) is 31.0 Å². The van der Waals surface area contributed by atoms with E-state index in [9.17, 15) is 4.79 Å². The summed E-state index contributed by atoms with van der Waals surface area (Å²) in [7, 11) is 1.64. The van der Waals surface area contributed by atoms with Crippen molar-refractivity contribution in [3.63, 3.8) is 0 Å². The fraction of sp³-hybridized carbons (Fsp3) is 0.444. The number of benzene rings is 1. The first kappa shape index (κ1) is 17.7. The topological polar surface area (TPSA) is 76.2 Å². The van der Waals surface area contributed by atoms with Gasteiger partial charge in [-0.25, -0.2) is 0 Å². The highest BCUT2D eigenvalue weighted by molar-refractivity contribution is 8.00. The standard InChI is InChI=1S/C18H23N3O3S/c1-4-5-8-24-13-7-6-12(9-14(13)23-3)17-16-11(2)20-21-18(16)19-15(22)10-25-17/h6-7,9,17H,4-5,8,10H2,1-3H3,(H2,19,20,21,22). The number of anilines is 1. The highest BCUT2D eigenvalue weighted by Gasteiger charge is 2.28. The third-order valence-electron chi connectivity index (χ3n) is 4.14. The number of H-pyrrole nitrogens is 1. The van der Waals surface area contributed by atoms with Crippen molar-refractivity contribution in [2.24, 2.45) is 0 Å². The largest absolute Gasteiger partial charge is 0.493 e. The van der Waals surface area contributed by atoms with E-state index in [0.717, 1.165) is 35.4 Å². The van der Waals surface area contributed by atoms with Gasteiger partial charge in [0.15, 0.2) is 17.3 Å². The number of aryl methyl sites for hydroxylation is 1. The van der Waals surface area contributed by atoms with Crippen LogP contribution in [0.3, 0.4) is 0 Å². The minimum atomic E-state index is -0.0354. The lowest BCUT2D eigenvalue weighted by Crippen LogP contribution is -2.12. The molecule has 0 saturated carbocycles. The van der Waals surface area contributed by atoms with E-state index in [-0.39, 0.29) is 11.2 Å². The van der Waals surface area contributed by atoms with Gasteiger partial charge in [-0.15, -0.1) is 11.8 Å². The molecule has 134 valence electrons. The number of hydrogen-bond acceptors (Lipinski definition) is 5. The van der Waals surface area contributed by atoms with Crippen molar-refractivity contribution in [3.8, 4) is 11.5 Å². The fourth-order valence-corrected chi connectivity index (χ4v) is 4.00. The summed E-state index contributed by atoms with van der Waals surface area (Å²) in [6, 6.07) is 5.97. The molecule has 1 unspecified atom stereocenters. The molecule has 1 aromatic heterocycles. The molecule has 1 aromatic carbocycles. The highest BCUT2D eigenvalue weighted by Crippen LogP contribution is 2.44. The highest BCUT2D eigenvalue weighted by atomic mass is 32.2. The van der Waals surface area contributed by atoms with E-state index in [0.29, 0.717) is 23.9 Å². The Morgan fingerprint density at radius 1 is 1.36 bits per heavy atom. The summed E-state index contributed by atoms with van der Waals surface area (Å²) in [5.41, 5.74) is 3.03. The predicted octanol–water partition coefficient (Wildman–Crippen LogP) is 3.68. The molecule has 2 heterocycles. The van der Waals surface area contributed by atoms with Crippen LogP contribution in [0.5, 0.6) is 11.5 Å². The summed E-state index contributed by atoms with van der Waals surface area (Å²) in [6.07, 6.45) is 2.09. The molecule has 0 fully saturated rings. The number of nitrogens with zero attached hydrogens (tertiary/aromatic N) is 1. The molecule has 6 nitrogen and oxygen atoms in total. The molecule has 0 bridgehead atoms. The first-order valence-corrected chi connectivity index (χ1v) is 9.46. The van der Waals surface area contributed by atoms with Gasteiger partial charge >= 0.3 is 0 Å². The molecule has 2 N–H and O–H groups in total. The van der Waals surface area contributed by atoms with Gasteiger partial charge in [-0.3, -0.25) is 9.89 Å². The summed E-state index contributed by atoms with van der Waals surface area (Å²) < 4.78 is 11.3. The molecule has 7 heteroatoms. The molecular formula is C18H23N3O3S. The van der Waals surface area contributed by atoms with Crippen LogP contribution in [-0.2, 0) is 4.79 Å². The smallest absolute Gasteiger partial charge is 0.235 e. The maximum Gasteiger partial charge on any atom is 0.235 e. The minimum Gasteiger partial charge on any atom is -0.493 e. The summed E-state index contributed by atoms with van der Waals surface area (Å²) >= 11 is 1.58. The van der Waals surface area contributed by atoms with E-state index in [4.69, 9.17) is 9.47 Å². The van der Waals surface area contributed by atoms with E-state index in [1.165, 1.54) is 0 Å². The number of carbonyl (C=O) groups is 1. The van der Waals surface area contributed by atoms with Crippen LogP contribution in [0.1, 0.15) is 41.8 Å². The number of ether oxygens (including phenoxy) is 2. The average molecular weight is 361 g/mol. The van der Waals surface area contributed by atoms with Gasteiger partial charge < -0.3 is 14.8 Å². The number of thioether (sulfide) groups is 1. The van der Waals surface area contributed by atoms with Crippen molar-refractivity contribution in [3.05, 3.63) is 35.0 Å². The van der Waals surface area contributed by atoms with Crippen LogP contribution in [0.4, 0.5) is 5.82 Å². The first-order valence-electron chi connectivity index (χ1n) is 8.41. The van der Waals surface area contributed by atoms with Crippen molar-refractivity contribution >= 4 is 23.5 Å². The Kier molecular flexibility index (Phi) is 5.53. The van der Waals surface area contributed by atoms with Crippen LogP contribution >= 0.6 is 11.8 Å². The molecule has 1 amide bonds. The quantitative estimate of drug-likeness (QED) is 0.768. The zero-order valence-corrected chi connectivity index (χ0v) is 15.5. The van der Waals surface area contributed by atoms with E-state index < -0.39 is 0 Å². The molecule has 25 heavy (non-hydrogen) atoms. The summed E-state index contributed by atoms with van der Waals surface area (Å²) in [5, 5.41) is 10.1. The molecular weight excluding hydrogens is 338 g/mol. The van der Waals surface area contributed by atoms with Crippen molar-refractivity contribution in [2.45, 2.75) is 31.9 Å². The van der Waals surface area contributed by atoms with E-state index in [1.807, 2.05) is 25.1 Å². The van der Waals surface area contributed by atoms with Crippen molar-refractivity contribution in [2.75, 3.05) is 24.8 Å². The zero-order valence-electron chi connectivity index (χ0n) is 14.7. The zero-order chi connectivity index (χ0) is 17.8. The Bertz CT molecular complexity index is 760. The van der Waals surface area contributed by atoms with Crippen LogP contribution in [0.25, 0.3) is 0 Å². The molecule has 0 aliphatic carbocycles. The van der Waals surface area contributed by atoms with Gasteiger partial charge in [0.05, 0.1) is 24.7 Å². The molecule has 0 saturated heterocycles. The van der Waals surface area contributed by atoms with Crippen molar-refractivity contribution < 1.29 is 14.3 Å². The monoisotopic (exact) mass is 361 g/mol. The third kappa shape index (κ3) is 3.76. The molecule has 1 aliphatic rings. The number of rotatable bonds is 6. The summed E-state index contributed by atoms with van der Waals surface area (Å²) in [4.78, 5) is 11.9. The van der Waals surface area contributed by atoms with E-state index in [2.05, 4.69) is 22.4 Å². The molecule has 0 radical (unpaired) electrons. The Labute approximate surface area is 151 Å². The Hall–Kier alpha value is -2.15. The van der Waals surface area contributed by atoms with Crippen LogP contribution in [-0.4, -0.2) is 35.6 Å². The normalized spacial score (nSPS) is 16.8. The van der Waals surface area contributed by atoms with Gasteiger partial charge in [-0.2, -0.15) is 5.10 Å². The number of aromatic amines is 1. The fourth-order valence-electron chi connectivity index (χ4n) is 2.82. The van der Waals surface area contributed by atoms with Gasteiger partial charge in [0.2, 0.25) is 5.91 Å². The van der Waals surface area contributed by atoms with Gasteiger partial charge in [0.1, 0.15) is 0 Å². The number of aromatic nitrogens is 2. The number of nitrogens with one attached hydrogen (secondary N) is 2. The lowest BCUT2D eigenvalue weighted by atomic mass is 10.0. The lowest BCUT2D eigenvalue weighted by Gasteiger charge is -2.18. The Balaban J connectivity index is 1.93. The predicted molar refractivity (Wildman–Crippen MR) is 99.7 cm³/mol. The van der Waals surface area contributed by atoms with Gasteiger partial charge in [0.25, 0.3) is 0 Å². The third-order valence-corrected chi connectivity index (χ3v) is 5.41. The summed E-state index contributed by atoms with van der Waals surface area (Å²) in [6.45, 7) is 4.78. The minimum absolute atomic E-state index is 0.00583. The maximum absolute atomic E-state index is 11.9. The molecule has 1 aliphatic heterocycles. The second-order valence-corrected chi connectivity index (χ2v) is 7.06. The number of carbonyl (C=O) groups excluding carboxylic acids is 1.